The lowest BCUT2D eigenvalue weighted by Gasteiger charge is -2.32. The Morgan fingerprint density at radius 3 is 2.61 bits per heavy atom. The summed E-state index contributed by atoms with van der Waals surface area (Å²) in [6.07, 6.45) is 2.21. The van der Waals surface area contributed by atoms with Crippen molar-refractivity contribution in [2.45, 2.75) is 53.1 Å². The maximum absolute atomic E-state index is 13.2. The number of carbonyl (C=O) groups is 3. The maximum Gasteiger partial charge on any atom is 0.340 e. The van der Waals surface area contributed by atoms with Crippen molar-refractivity contribution in [2.75, 3.05) is 52.5 Å². The molecule has 0 unspecified atom stereocenters. The molecule has 2 aliphatic heterocycles. The van der Waals surface area contributed by atoms with Crippen LogP contribution in [-0.2, 0) is 14.3 Å². The maximum atomic E-state index is 13.2. The molecule has 9 heteroatoms. The third-order valence-corrected chi connectivity index (χ3v) is 6.33. The minimum atomic E-state index is -0.428. The van der Waals surface area contributed by atoms with Crippen LogP contribution in [0.5, 0.6) is 0 Å². The average Bonchev–Trinajstić information content (AvgIpc) is 3.10. The van der Waals surface area contributed by atoms with Crippen LogP contribution < -0.4 is 5.32 Å². The quantitative estimate of drug-likeness (QED) is 0.452. The van der Waals surface area contributed by atoms with E-state index in [4.69, 9.17) is 9.47 Å². The molecule has 9 nitrogen and oxygen atoms in total. The lowest BCUT2D eigenvalue weighted by molar-refractivity contribution is -0.126. The molecule has 2 fully saturated rings. The van der Waals surface area contributed by atoms with Gasteiger partial charge in [0.15, 0.2) is 0 Å². The van der Waals surface area contributed by atoms with Crippen LogP contribution in [0.25, 0.3) is 0 Å². The van der Waals surface area contributed by atoms with E-state index < -0.39 is 5.97 Å². The summed E-state index contributed by atoms with van der Waals surface area (Å²) in [5, 5.41) is 3.05. The number of aromatic amines is 1. The highest BCUT2D eigenvalue weighted by molar-refractivity contribution is 6.00. The SMILES string of the molecule is Cc1[nH]c(C(=O)N2CCC[C@@H](C(=O)NCCCN3CCOCC3)C2)c(C)c1C(=O)OC(C)C. The highest BCUT2D eigenvalue weighted by atomic mass is 16.5. The van der Waals surface area contributed by atoms with Crippen LogP contribution in [0.2, 0.25) is 0 Å². The van der Waals surface area contributed by atoms with Crippen molar-refractivity contribution in [1.29, 1.82) is 0 Å². The van der Waals surface area contributed by atoms with E-state index >= 15 is 0 Å². The first-order chi connectivity index (χ1) is 15.8. The first-order valence-electron chi connectivity index (χ1n) is 12.0. The zero-order chi connectivity index (χ0) is 24.0. The number of aryl methyl sites for hydroxylation is 1. The minimum Gasteiger partial charge on any atom is -0.459 e. The Hall–Kier alpha value is -2.39. The van der Waals surface area contributed by atoms with Gasteiger partial charge < -0.3 is 24.7 Å². The summed E-state index contributed by atoms with van der Waals surface area (Å²) in [5.41, 5.74) is 2.03. The average molecular weight is 463 g/mol. The normalized spacial score (nSPS) is 19.5. The predicted molar refractivity (Wildman–Crippen MR) is 124 cm³/mol. The number of amides is 2. The van der Waals surface area contributed by atoms with Crippen molar-refractivity contribution in [3.05, 3.63) is 22.5 Å². The molecule has 0 spiro atoms. The fourth-order valence-electron chi connectivity index (χ4n) is 4.56. The third kappa shape index (κ3) is 6.57. The number of H-pyrrole nitrogens is 1. The second-order valence-corrected chi connectivity index (χ2v) is 9.27. The van der Waals surface area contributed by atoms with E-state index in [0.717, 1.165) is 52.1 Å². The summed E-state index contributed by atoms with van der Waals surface area (Å²) in [4.78, 5) is 45.5. The van der Waals surface area contributed by atoms with Gasteiger partial charge in [0, 0.05) is 38.4 Å². The lowest BCUT2D eigenvalue weighted by atomic mass is 9.96. The van der Waals surface area contributed by atoms with Crippen LogP contribution in [0, 0.1) is 19.8 Å². The summed E-state index contributed by atoms with van der Waals surface area (Å²) in [5.74, 6) is -0.810. The summed E-state index contributed by atoms with van der Waals surface area (Å²) in [6.45, 7) is 13.1. The van der Waals surface area contributed by atoms with Crippen molar-refractivity contribution >= 4 is 17.8 Å². The molecule has 33 heavy (non-hydrogen) atoms. The smallest absolute Gasteiger partial charge is 0.340 e. The number of piperidine rings is 1. The van der Waals surface area contributed by atoms with Gasteiger partial charge in [-0.15, -0.1) is 0 Å². The molecule has 0 aliphatic carbocycles. The Labute approximate surface area is 196 Å². The van der Waals surface area contributed by atoms with E-state index in [2.05, 4.69) is 15.2 Å². The molecule has 0 aromatic carbocycles. The molecule has 3 rings (SSSR count). The van der Waals surface area contributed by atoms with Crippen LogP contribution in [0.3, 0.4) is 0 Å². The van der Waals surface area contributed by atoms with E-state index in [1.165, 1.54) is 0 Å². The number of esters is 1. The molecule has 0 bridgehead atoms. The van der Waals surface area contributed by atoms with Crippen LogP contribution in [0.1, 0.15) is 65.2 Å². The first kappa shape index (κ1) is 25.2. The second kappa shape index (κ2) is 11.7. The predicted octanol–water partition coefficient (Wildman–Crippen LogP) is 1.89. The van der Waals surface area contributed by atoms with Gasteiger partial charge in [0.25, 0.3) is 5.91 Å². The Morgan fingerprint density at radius 1 is 1.18 bits per heavy atom. The molecular weight excluding hydrogens is 424 g/mol. The fourth-order valence-corrected chi connectivity index (χ4v) is 4.56. The van der Waals surface area contributed by atoms with Crippen molar-refractivity contribution in [3.63, 3.8) is 0 Å². The summed E-state index contributed by atoms with van der Waals surface area (Å²) >= 11 is 0. The number of hydrogen-bond donors (Lipinski definition) is 2. The molecule has 3 heterocycles. The number of hydrogen-bond acceptors (Lipinski definition) is 6. The number of ether oxygens (including phenoxy) is 2. The fraction of sp³-hybridized carbons (Fsp3) is 0.708. The Morgan fingerprint density at radius 2 is 1.91 bits per heavy atom. The van der Waals surface area contributed by atoms with Crippen molar-refractivity contribution in [3.8, 4) is 0 Å². The van der Waals surface area contributed by atoms with Gasteiger partial charge in [-0.2, -0.15) is 0 Å². The topological polar surface area (TPSA) is 104 Å². The Balaban J connectivity index is 1.53. The molecule has 2 N–H and O–H groups in total. The van der Waals surface area contributed by atoms with Crippen molar-refractivity contribution < 1.29 is 23.9 Å². The molecule has 1 aromatic rings. The number of morpholine rings is 1. The molecule has 2 amide bonds. The molecule has 1 atom stereocenters. The van der Waals surface area contributed by atoms with E-state index in [-0.39, 0.29) is 23.8 Å². The monoisotopic (exact) mass is 462 g/mol. The van der Waals surface area contributed by atoms with Gasteiger partial charge in [-0.1, -0.05) is 0 Å². The lowest BCUT2D eigenvalue weighted by Crippen LogP contribution is -2.46. The minimum absolute atomic E-state index is 0.00932. The van der Waals surface area contributed by atoms with Gasteiger partial charge in [-0.05, 0) is 59.1 Å². The van der Waals surface area contributed by atoms with E-state index in [1.54, 1.807) is 32.6 Å². The van der Waals surface area contributed by atoms with Gasteiger partial charge in [0.2, 0.25) is 5.91 Å². The number of carbonyl (C=O) groups excluding carboxylic acids is 3. The first-order valence-corrected chi connectivity index (χ1v) is 12.0. The van der Waals surface area contributed by atoms with Gasteiger partial charge in [0.05, 0.1) is 30.8 Å². The number of rotatable bonds is 8. The largest absolute Gasteiger partial charge is 0.459 e. The van der Waals surface area contributed by atoms with Crippen LogP contribution >= 0.6 is 0 Å². The summed E-state index contributed by atoms with van der Waals surface area (Å²) in [6, 6.07) is 0. The zero-order valence-electron chi connectivity index (χ0n) is 20.4. The molecule has 0 radical (unpaired) electrons. The summed E-state index contributed by atoms with van der Waals surface area (Å²) < 4.78 is 10.7. The molecule has 1 aromatic heterocycles. The molecule has 184 valence electrons. The zero-order valence-corrected chi connectivity index (χ0v) is 20.4. The Kier molecular flexibility index (Phi) is 8.91. The highest BCUT2D eigenvalue weighted by Crippen LogP contribution is 2.24. The van der Waals surface area contributed by atoms with E-state index in [0.29, 0.717) is 42.1 Å². The number of aromatic nitrogens is 1. The second-order valence-electron chi connectivity index (χ2n) is 9.27. The van der Waals surface area contributed by atoms with Crippen molar-refractivity contribution in [1.82, 2.24) is 20.1 Å². The van der Waals surface area contributed by atoms with E-state index in [9.17, 15) is 14.4 Å². The number of nitrogens with zero attached hydrogens (tertiary/aromatic N) is 2. The molecule has 2 aliphatic rings. The van der Waals surface area contributed by atoms with Crippen molar-refractivity contribution in [2.24, 2.45) is 5.92 Å². The molecular formula is C24H38N4O5. The standard InChI is InChI=1S/C24H38N4O5/c1-16(2)33-24(31)20-17(3)21(26-18(20)4)23(30)28-10-5-7-19(15-28)22(29)25-8-6-9-27-11-13-32-14-12-27/h16,19,26H,5-15H2,1-4H3,(H,25,29)/t19-/m1/s1. The van der Waals surface area contributed by atoms with Gasteiger partial charge >= 0.3 is 5.97 Å². The van der Waals surface area contributed by atoms with Gasteiger partial charge in [-0.25, -0.2) is 4.79 Å². The third-order valence-electron chi connectivity index (χ3n) is 6.33. The van der Waals surface area contributed by atoms with Crippen LogP contribution in [-0.4, -0.2) is 91.2 Å². The Bertz CT molecular complexity index is 844. The molecule has 2 saturated heterocycles. The van der Waals surface area contributed by atoms with Gasteiger partial charge in [-0.3, -0.25) is 14.5 Å². The number of nitrogens with one attached hydrogen (secondary N) is 2. The van der Waals surface area contributed by atoms with Gasteiger partial charge in [0.1, 0.15) is 5.69 Å². The number of likely N-dealkylation sites (tertiary alicyclic amines) is 1. The summed E-state index contributed by atoms with van der Waals surface area (Å²) in [7, 11) is 0. The van der Waals surface area contributed by atoms with Crippen LogP contribution in [0.15, 0.2) is 0 Å². The molecule has 0 saturated carbocycles. The van der Waals surface area contributed by atoms with Crippen LogP contribution in [0.4, 0.5) is 0 Å². The van der Waals surface area contributed by atoms with E-state index in [1.807, 2.05) is 0 Å². The highest BCUT2D eigenvalue weighted by Gasteiger charge is 2.32.